The molecule has 0 saturated heterocycles. The van der Waals surface area contributed by atoms with Gasteiger partial charge in [-0.05, 0) is 45.7 Å². The highest BCUT2D eigenvalue weighted by Crippen LogP contribution is 2.68. The van der Waals surface area contributed by atoms with Crippen molar-refractivity contribution in [1.29, 1.82) is 0 Å². The van der Waals surface area contributed by atoms with Gasteiger partial charge in [0.15, 0.2) is 0 Å². The molecule has 0 aromatic heterocycles. The summed E-state index contributed by atoms with van der Waals surface area (Å²) < 4.78 is 22.2. The number of hydrogen-bond donors (Lipinski definition) is 6. The first-order chi connectivity index (χ1) is 14.9. The maximum absolute atomic E-state index is 11.1. The van der Waals surface area contributed by atoms with Crippen LogP contribution in [0.5, 0.6) is 0 Å². The number of nitrogens with one attached hydrogen (secondary N) is 1. The highest BCUT2D eigenvalue weighted by molar-refractivity contribution is 7.72. The molecule has 0 heterocycles. The minimum atomic E-state index is -5.33. The SMILES string of the molecule is C1CCC(NC2CCCCC2)CC1.CCCCCN(C)CCC(O)(P(=O)(O)O)P(=O)(O)O. The van der Waals surface area contributed by atoms with Gasteiger partial charge in [-0.2, -0.15) is 0 Å². The molecule has 0 bridgehead atoms. The average Bonchev–Trinajstić information content (AvgIpc) is 2.72. The number of hydrogen-bond acceptors (Lipinski definition) is 5. The first-order valence-electron chi connectivity index (χ1n) is 12.2. The van der Waals surface area contributed by atoms with E-state index in [0.29, 0.717) is 6.54 Å². The molecule has 0 atom stereocenters. The molecule has 2 saturated carbocycles. The lowest BCUT2D eigenvalue weighted by Crippen LogP contribution is -2.40. The van der Waals surface area contributed by atoms with Crippen molar-refractivity contribution in [1.82, 2.24) is 10.2 Å². The van der Waals surface area contributed by atoms with E-state index >= 15 is 0 Å². The summed E-state index contributed by atoms with van der Waals surface area (Å²) in [6.07, 6.45) is 16.8. The van der Waals surface area contributed by atoms with Crippen molar-refractivity contribution in [2.75, 3.05) is 20.1 Å². The van der Waals surface area contributed by atoms with E-state index in [9.17, 15) is 14.2 Å². The maximum Gasteiger partial charge on any atom is 0.369 e. The van der Waals surface area contributed by atoms with E-state index in [0.717, 1.165) is 31.3 Å². The van der Waals surface area contributed by atoms with Crippen LogP contribution >= 0.6 is 15.2 Å². The van der Waals surface area contributed by atoms with Gasteiger partial charge in [-0.25, -0.2) is 0 Å². The lowest BCUT2D eigenvalue weighted by Gasteiger charge is -2.30. The summed E-state index contributed by atoms with van der Waals surface area (Å²) in [5.74, 6) is 0. The van der Waals surface area contributed by atoms with Gasteiger partial charge >= 0.3 is 15.2 Å². The largest absolute Gasteiger partial charge is 0.369 e. The highest BCUT2D eigenvalue weighted by atomic mass is 31.2. The molecule has 9 nitrogen and oxygen atoms in total. The standard InChI is InChI=1S/C12H23N.C9H23NO7P2/c1-3-7-11(8-4-1)13-12-9-5-2-6-10-12;1-3-4-5-7-10(2)8-6-9(11,18(12,13)14)19(15,16)17/h11-13H,1-10H2;11H,3-8H2,1-2H3,(H2,12,13,14)(H2,15,16,17). The Morgan fingerprint density at radius 3 is 1.62 bits per heavy atom. The molecular weight excluding hydrogens is 454 g/mol. The second-order valence-corrected chi connectivity index (χ2v) is 13.5. The molecule has 0 aromatic carbocycles. The van der Waals surface area contributed by atoms with Crippen molar-refractivity contribution in [3.63, 3.8) is 0 Å². The fourth-order valence-electron chi connectivity index (χ4n) is 4.42. The van der Waals surface area contributed by atoms with Crippen LogP contribution in [0.15, 0.2) is 0 Å². The highest BCUT2D eigenvalue weighted by Gasteiger charge is 2.58. The van der Waals surface area contributed by atoms with Crippen molar-refractivity contribution < 1.29 is 33.8 Å². The van der Waals surface area contributed by atoms with E-state index in [2.05, 4.69) is 5.32 Å². The third-order valence-corrected chi connectivity index (χ3v) is 10.5. The maximum atomic E-state index is 11.1. The lowest BCUT2D eigenvalue weighted by atomic mass is 9.91. The minimum absolute atomic E-state index is 0.0174. The Balaban J connectivity index is 0.000000339. The zero-order valence-corrected chi connectivity index (χ0v) is 21.7. The van der Waals surface area contributed by atoms with Gasteiger partial charge < -0.3 is 34.9 Å². The topological polar surface area (TPSA) is 151 Å². The van der Waals surface area contributed by atoms with E-state index in [1.807, 2.05) is 6.92 Å². The van der Waals surface area contributed by atoms with Crippen molar-refractivity contribution in [3.05, 3.63) is 0 Å². The quantitative estimate of drug-likeness (QED) is 0.184. The molecule has 0 spiro atoms. The third kappa shape index (κ3) is 10.6. The van der Waals surface area contributed by atoms with Crippen LogP contribution in [0, 0.1) is 0 Å². The van der Waals surface area contributed by atoms with Crippen LogP contribution in [0.3, 0.4) is 0 Å². The molecule has 0 unspecified atom stereocenters. The van der Waals surface area contributed by atoms with Gasteiger partial charge in [0.25, 0.3) is 5.08 Å². The Morgan fingerprint density at radius 1 is 0.812 bits per heavy atom. The zero-order chi connectivity index (χ0) is 24.3. The molecule has 11 heteroatoms. The van der Waals surface area contributed by atoms with Crippen LogP contribution in [-0.2, 0) is 9.13 Å². The number of nitrogens with zero attached hydrogens (tertiary/aromatic N) is 1. The molecular formula is C21H46N2O7P2. The smallest absolute Gasteiger partial charge is 0.367 e. The van der Waals surface area contributed by atoms with Gasteiger partial charge in [0, 0.05) is 25.0 Å². The summed E-state index contributed by atoms with van der Waals surface area (Å²) in [7, 11) is -9.00. The Bertz CT molecular complexity index is 561. The van der Waals surface area contributed by atoms with Gasteiger partial charge in [0.05, 0.1) is 0 Å². The van der Waals surface area contributed by atoms with Gasteiger partial charge in [-0.15, -0.1) is 0 Å². The van der Waals surface area contributed by atoms with Gasteiger partial charge in [-0.3, -0.25) is 9.13 Å². The summed E-state index contributed by atoms with van der Waals surface area (Å²) in [5.41, 5.74) is 0. The number of unbranched alkanes of at least 4 members (excludes halogenated alkanes) is 2. The fourth-order valence-corrected chi connectivity index (χ4v) is 6.56. The average molecular weight is 501 g/mol. The van der Waals surface area contributed by atoms with Crippen molar-refractivity contribution in [3.8, 4) is 0 Å². The molecule has 2 aliphatic carbocycles. The summed E-state index contributed by atoms with van der Waals surface area (Å²) in [6, 6.07) is 1.74. The molecule has 0 aliphatic heterocycles. The van der Waals surface area contributed by atoms with E-state index in [1.165, 1.54) is 64.2 Å². The van der Waals surface area contributed by atoms with Crippen LogP contribution in [0.4, 0.5) is 0 Å². The summed E-state index contributed by atoms with van der Waals surface area (Å²) in [6.45, 7) is 2.64. The molecule has 2 rings (SSSR count). The van der Waals surface area contributed by atoms with E-state index < -0.39 is 26.7 Å². The van der Waals surface area contributed by atoms with E-state index in [-0.39, 0.29) is 6.54 Å². The van der Waals surface area contributed by atoms with Crippen LogP contribution in [0.25, 0.3) is 0 Å². The second kappa shape index (κ2) is 14.6. The van der Waals surface area contributed by atoms with E-state index in [4.69, 9.17) is 19.6 Å². The number of rotatable bonds is 11. The molecule has 2 aliphatic rings. The van der Waals surface area contributed by atoms with Gasteiger partial charge in [-0.1, -0.05) is 58.3 Å². The normalized spacial score (nSPS) is 19.6. The van der Waals surface area contributed by atoms with Crippen molar-refractivity contribution >= 4 is 15.2 Å². The fraction of sp³-hybridized carbons (Fsp3) is 1.00. The summed E-state index contributed by atoms with van der Waals surface area (Å²) in [4.78, 5) is 37.5. The number of aliphatic hydroxyl groups is 1. The lowest BCUT2D eigenvalue weighted by molar-refractivity contribution is 0.112. The minimum Gasteiger partial charge on any atom is -0.367 e. The second-order valence-electron chi connectivity index (χ2n) is 9.46. The Kier molecular flexibility index (Phi) is 13.7. The molecule has 32 heavy (non-hydrogen) atoms. The molecule has 2 fully saturated rings. The molecule has 0 radical (unpaired) electrons. The first kappa shape index (κ1) is 30.2. The molecule has 6 N–H and O–H groups in total. The Labute approximate surface area is 193 Å². The molecule has 192 valence electrons. The predicted octanol–water partition coefficient (Wildman–Crippen LogP) is 3.74. The first-order valence-corrected chi connectivity index (χ1v) is 15.4. The van der Waals surface area contributed by atoms with E-state index in [1.54, 1.807) is 11.9 Å². The monoisotopic (exact) mass is 500 g/mol. The van der Waals surface area contributed by atoms with Gasteiger partial charge in [0.2, 0.25) is 0 Å². The molecule has 0 aromatic rings. The van der Waals surface area contributed by atoms with Crippen LogP contribution < -0.4 is 5.32 Å². The third-order valence-electron chi connectivity index (χ3n) is 6.59. The Morgan fingerprint density at radius 2 is 1.25 bits per heavy atom. The van der Waals surface area contributed by atoms with Gasteiger partial charge in [0.1, 0.15) is 0 Å². The van der Waals surface area contributed by atoms with Crippen LogP contribution in [0.2, 0.25) is 0 Å². The van der Waals surface area contributed by atoms with Crippen LogP contribution in [-0.4, -0.2) is 66.9 Å². The van der Waals surface area contributed by atoms with Crippen LogP contribution in [0.1, 0.15) is 96.8 Å². The zero-order valence-electron chi connectivity index (χ0n) is 19.9. The van der Waals surface area contributed by atoms with Crippen molar-refractivity contribution in [2.45, 2.75) is 114 Å². The van der Waals surface area contributed by atoms with Crippen molar-refractivity contribution in [2.24, 2.45) is 0 Å². The summed E-state index contributed by atoms with van der Waals surface area (Å²) in [5, 5.41) is 10.2. The predicted molar refractivity (Wildman–Crippen MR) is 128 cm³/mol. The Hall–Kier alpha value is 0.180. The summed E-state index contributed by atoms with van der Waals surface area (Å²) >= 11 is 0. The molecule has 0 amide bonds.